The summed E-state index contributed by atoms with van der Waals surface area (Å²) in [6.07, 6.45) is 0. The van der Waals surface area contributed by atoms with E-state index >= 15 is 0 Å². The zero-order chi connectivity index (χ0) is 33.7. The molecule has 0 aliphatic carbocycles. The second-order valence-corrected chi connectivity index (χ2v) is 12.8. The Kier molecular flexibility index (Phi) is 6.78. The van der Waals surface area contributed by atoms with Crippen LogP contribution in [0.3, 0.4) is 0 Å². The summed E-state index contributed by atoms with van der Waals surface area (Å²) >= 11 is 0. The normalized spacial score (nSPS) is 11.5. The zero-order valence-electron chi connectivity index (χ0n) is 27.5. The Morgan fingerprint density at radius 2 is 0.843 bits per heavy atom. The SMILES string of the molecule is c1ccc(-c2nc(-c3ccccc3)nc(-c3ccc(-c4ccc5oc6c(-c7ccc8ccccc8c7)c7ccccc7cc6c5c4)cc3)n2)cc1. The maximum Gasteiger partial charge on any atom is 0.164 e. The number of rotatable bonds is 5. The molecule has 0 radical (unpaired) electrons. The minimum Gasteiger partial charge on any atom is -0.455 e. The standard InChI is InChI=1S/C47H29N3O/c1-3-12-32(13-4-1)45-48-46(33-14-5-2-6-15-33)50-47(49-45)34-22-19-31(20-23-34)36-25-26-42-40(28-36)41-29-37-17-9-10-18-39(37)43(44(41)51-42)38-24-21-30-11-7-8-16-35(30)27-38/h1-29H. The van der Waals surface area contributed by atoms with Crippen LogP contribution in [0.1, 0.15) is 0 Å². The lowest BCUT2D eigenvalue weighted by Crippen LogP contribution is -2.00. The summed E-state index contributed by atoms with van der Waals surface area (Å²) in [5.74, 6) is 1.94. The first-order valence-corrected chi connectivity index (χ1v) is 17.1. The highest BCUT2D eigenvalue weighted by Crippen LogP contribution is 2.42. The second kappa shape index (κ2) is 11.9. The Morgan fingerprint density at radius 1 is 0.314 bits per heavy atom. The summed E-state index contributed by atoms with van der Waals surface area (Å²) in [4.78, 5) is 14.7. The highest BCUT2D eigenvalue weighted by atomic mass is 16.3. The number of fused-ring (bicyclic) bond motifs is 5. The molecule has 8 aromatic carbocycles. The van der Waals surface area contributed by atoms with Crippen molar-refractivity contribution in [3.8, 4) is 56.4 Å². The number of nitrogens with zero attached hydrogens (tertiary/aromatic N) is 3. The second-order valence-electron chi connectivity index (χ2n) is 12.8. The fourth-order valence-electron chi connectivity index (χ4n) is 7.13. The predicted octanol–water partition coefficient (Wildman–Crippen LogP) is 12.4. The van der Waals surface area contributed by atoms with Gasteiger partial charge < -0.3 is 4.42 Å². The molecule has 51 heavy (non-hydrogen) atoms. The van der Waals surface area contributed by atoms with Gasteiger partial charge in [0.15, 0.2) is 17.5 Å². The average Bonchev–Trinajstić information content (AvgIpc) is 3.57. The van der Waals surface area contributed by atoms with Crippen molar-refractivity contribution < 1.29 is 4.42 Å². The van der Waals surface area contributed by atoms with E-state index in [1.807, 2.05) is 60.7 Å². The molecule has 0 saturated heterocycles. The van der Waals surface area contributed by atoms with Crippen LogP contribution in [0.25, 0.3) is 99.9 Å². The number of aromatic nitrogens is 3. The minimum atomic E-state index is 0.638. The molecule has 2 heterocycles. The highest BCUT2D eigenvalue weighted by Gasteiger charge is 2.18. The zero-order valence-corrected chi connectivity index (χ0v) is 27.5. The van der Waals surface area contributed by atoms with Gasteiger partial charge in [-0.05, 0) is 62.5 Å². The smallest absolute Gasteiger partial charge is 0.164 e. The molecule has 0 unspecified atom stereocenters. The molecule has 4 heteroatoms. The van der Waals surface area contributed by atoms with Crippen molar-refractivity contribution in [1.82, 2.24) is 15.0 Å². The Morgan fingerprint density at radius 3 is 1.53 bits per heavy atom. The predicted molar refractivity (Wildman–Crippen MR) is 209 cm³/mol. The van der Waals surface area contributed by atoms with Crippen molar-refractivity contribution in [1.29, 1.82) is 0 Å². The van der Waals surface area contributed by atoms with Gasteiger partial charge in [0.1, 0.15) is 11.2 Å². The van der Waals surface area contributed by atoms with Crippen LogP contribution in [0.4, 0.5) is 0 Å². The van der Waals surface area contributed by atoms with Crippen molar-refractivity contribution in [2.45, 2.75) is 0 Å². The number of furan rings is 1. The lowest BCUT2D eigenvalue weighted by Gasteiger charge is -2.10. The maximum atomic E-state index is 6.70. The number of hydrogen-bond acceptors (Lipinski definition) is 4. The molecule has 0 spiro atoms. The van der Waals surface area contributed by atoms with Crippen LogP contribution in [0, 0.1) is 0 Å². The molecule has 238 valence electrons. The van der Waals surface area contributed by atoms with Crippen molar-refractivity contribution in [2.75, 3.05) is 0 Å². The number of benzene rings is 8. The third-order valence-corrected chi connectivity index (χ3v) is 9.70. The van der Waals surface area contributed by atoms with Crippen LogP contribution in [0.2, 0.25) is 0 Å². The molecular formula is C47H29N3O. The van der Waals surface area contributed by atoms with Gasteiger partial charge in [0, 0.05) is 33.0 Å². The van der Waals surface area contributed by atoms with Crippen molar-refractivity contribution >= 4 is 43.5 Å². The molecule has 0 bridgehead atoms. The van der Waals surface area contributed by atoms with Gasteiger partial charge in [-0.15, -0.1) is 0 Å². The Labute approximate surface area is 294 Å². The first-order valence-electron chi connectivity index (χ1n) is 17.1. The highest BCUT2D eigenvalue weighted by molar-refractivity contribution is 6.19. The summed E-state index contributed by atoms with van der Waals surface area (Å²) in [5.41, 5.74) is 9.09. The fraction of sp³-hybridized carbons (Fsp3) is 0. The lowest BCUT2D eigenvalue weighted by molar-refractivity contribution is 0.670. The summed E-state index contributed by atoms with van der Waals surface area (Å²) in [7, 11) is 0. The van der Waals surface area contributed by atoms with E-state index in [4.69, 9.17) is 19.4 Å². The molecule has 0 amide bonds. The Balaban J connectivity index is 1.08. The molecule has 2 aromatic heterocycles. The van der Waals surface area contributed by atoms with E-state index in [9.17, 15) is 0 Å². The van der Waals surface area contributed by atoms with E-state index in [0.29, 0.717) is 17.5 Å². The Bertz CT molecular complexity index is 2840. The molecule has 0 fully saturated rings. The van der Waals surface area contributed by atoms with Crippen LogP contribution in [0.5, 0.6) is 0 Å². The lowest BCUT2D eigenvalue weighted by atomic mass is 9.93. The summed E-state index contributed by atoms with van der Waals surface area (Å²) in [6.45, 7) is 0. The molecule has 0 saturated carbocycles. The van der Waals surface area contributed by atoms with Gasteiger partial charge in [0.25, 0.3) is 0 Å². The largest absolute Gasteiger partial charge is 0.455 e. The monoisotopic (exact) mass is 651 g/mol. The van der Waals surface area contributed by atoms with Crippen molar-refractivity contribution in [3.05, 3.63) is 176 Å². The average molecular weight is 652 g/mol. The molecular weight excluding hydrogens is 623 g/mol. The molecule has 4 nitrogen and oxygen atoms in total. The third kappa shape index (κ3) is 5.13. The molecule has 0 aliphatic rings. The maximum absolute atomic E-state index is 6.70. The van der Waals surface area contributed by atoms with Gasteiger partial charge in [0.05, 0.1) is 0 Å². The quantitative estimate of drug-likeness (QED) is 0.186. The van der Waals surface area contributed by atoms with E-state index in [1.165, 1.54) is 21.5 Å². The first-order chi connectivity index (χ1) is 25.2. The van der Waals surface area contributed by atoms with Crippen LogP contribution in [-0.4, -0.2) is 15.0 Å². The van der Waals surface area contributed by atoms with E-state index < -0.39 is 0 Å². The van der Waals surface area contributed by atoms with Crippen LogP contribution in [0.15, 0.2) is 180 Å². The molecule has 0 N–H and O–H groups in total. The topological polar surface area (TPSA) is 51.8 Å². The van der Waals surface area contributed by atoms with Crippen LogP contribution in [-0.2, 0) is 0 Å². The van der Waals surface area contributed by atoms with Gasteiger partial charge in [-0.1, -0.05) is 152 Å². The summed E-state index contributed by atoms with van der Waals surface area (Å²) < 4.78 is 6.70. The third-order valence-electron chi connectivity index (χ3n) is 9.70. The Hall–Kier alpha value is -6.91. The van der Waals surface area contributed by atoms with E-state index in [1.54, 1.807) is 0 Å². The molecule has 10 rings (SSSR count). The van der Waals surface area contributed by atoms with Gasteiger partial charge in [-0.25, -0.2) is 15.0 Å². The summed E-state index contributed by atoms with van der Waals surface area (Å²) in [5, 5.41) is 7.01. The van der Waals surface area contributed by atoms with E-state index in [0.717, 1.165) is 60.9 Å². The first kappa shape index (κ1) is 29.0. The van der Waals surface area contributed by atoms with Gasteiger partial charge in [-0.2, -0.15) is 0 Å². The van der Waals surface area contributed by atoms with E-state index in [2.05, 4.69) is 115 Å². The molecule has 0 atom stereocenters. The number of hydrogen-bond donors (Lipinski definition) is 0. The van der Waals surface area contributed by atoms with Crippen molar-refractivity contribution in [2.24, 2.45) is 0 Å². The van der Waals surface area contributed by atoms with Gasteiger partial charge >= 0.3 is 0 Å². The summed E-state index contributed by atoms with van der Waals surface area (Å²) in [6, 6.07) is 61.1. The van der Waals surface area contributed by atoms with Crippen LogP contribution < -0.4 is 0 Å². The van der Waals surface area contributed by atoms with Crippen LogP contribution >= 0.6 is 0 Å². The van der Waals surface area contributed by atoms with Gasteiger partial charge in [0.2, 0.25) is 0 Å². The molecule has 0 aliphatic heterocycles. The van der Waals surface area contributed by atoms with Gasteiger partial charge in [-0.3, -0.25) is 0 Å². The van der Waals surface area contributed by atoms with E-state index in [-0.39, 0.29) is 0 Å². The van der Waals surface area contributed by atoms with Crippen molar-refractivity contribution in [3.63, 3.8) is 0 Å². The minimum absolute atomic E-state index is 0.638. The fourth-order valence-corrected chi connectivity index (χ4v) is 7.13. The molecule has 10 aromatic rings.